The molecule has 2 heterocycles. The zero-order chi connectivity index (χ0) is 33.1. The van der Waals surface area contributed by atoms with Crippen molar-refractivity contribution in [2.45, 2.75) is 45.6 Å². The zero-order valence-electron chi connectivity index (χ0n) is 25.8. The first kappa shape index (κ1) is 32.6. The largest absolute Gasteiger partial charge is 0.476 e. The summed E-state index contributed by atoms with van der Waals surface area (Å²) in [5.74, 6) is -2.31. The van der Waals surface area contributed by atoms with E-state index in [0.717, 1.165) is 27.5 Å². The number of carboxylic acid groups (broad SMARTS) is 1. The summed E-state index contributed by atoms with van der Waals surface area (Å²) in [6.45, 7) is 8.39. The van der Waals surface area contributed by atoms with Crippen molar-refractivity contribution >= 4 is 51.1 Å². The van der Waals surface area contributed by atoms with Crippen LogP contribution in [-0.2, 0) is 24.0 Å². The summed E-state index contributed by atoms with van der Waals surface area (Å²) in [6, 6.07) is 23.6. The Balaban J connectivity index is 0.00000204. The lowest BCUT2D eigenvalue weighted by atomic mass is 9.98. The van der Waals surface area contributed by atoms with E-state index in [0.29, 0.717) is 30.1 Å². The number of aromatic nitrogens is 2. The lowest BCUT2D eigenvalue weighted by Gasteiger charge is -2.29. The van der Waals surface area contributed by atoms with E-state index in [4.69, 9.17) is 11.6 Å². The number of nitrogens with zero attached hydrogens (tertiary/aromatic N) is 3. The van der Waals surface area contributed by atoms with Crippen molar-refractivity contribution in [3.63, 3.8) is 0 Å². The van der Waals surface area contributed by atoms with Gasteiger partial charge in [-0.15, -0.1) is 0 Å². The highest BCUT2D eigenvalue weighted by Gasteiger charge is 2.28. The van der Waals surface area contributed by atoms with Gasteiger partial charge in [0.25, 0.3) is 11.8 Å². The highest BCUT2D eigenvalue weighted by molar-refractivity contribution is 7.83. The van der Waals surface area contributed by atoms with Gasteiger partial charge in [0.15, 0.2) is 16.7 Å². The maximum atomic E-state index is 14.1. The minimum atomic E-state index is -1.87. The van der Waals surface area contributed by atoms with Gasteiger partial charge in [0.2, 0.25) is 0 Å². The predicted octanol–water partition coefficient (Wildman–Crippen LogP) is 6.67. The molecule has 4 aromatic carbocycles. The van der Waals surface area contributed by atoms with Crippen LogP contribution >= 0.6 is 11.6 Å². The molecule has 0 radical (unpaired) electrons. The number of aromatic carboxylic acids is 1. The molecule has 5 aromatic rings. The maximum Gasteiger partial charge on any atom is 0.358 e. The molecule has 0 fully saturated rings. The number of halogens is 1. The molecule has 1 unspecified atom stereocenters. The SMILES string of the molecule is CC.Cc1ccc2ccc(S(=O)NC(=O)c3ccc(-n4nc(C(=O)O)c(Cl)c4C)c(C(=O)N4CCc5ccccc5C4)c3)cc2c1. The van der Waals surface area contributed by atoms with E-state index < -0.39 is 22.9 Å². The average molecular weight is 657 g/mol. The monoisotopic (exact) mass is 656 g/mol. The number of fused-ring (bicyclic) bond motifs is 2. The molecule has 11 heteroatoms. The molecule has 1 aliphatic rings. The number of aryl methyl sites for hydroxylation is 1. The van der Waals surface area contributed by atoms with Gasteiger partial charge < -0.3 is 10.0 Å². The lowest BCUT2D eigenvalue weighted by Crippen LogP contribution is -2.36. The van der Waals surface area contributed by atoms with Gasteiger partial charge in [-0.1, -0.05) is 79.5 Å². The van der Waals surface area contributed by atoms with Crippen LogP contribution in [0.3, 0.4) is 0 Å². The van der Waals surface area contributed by atoms with Crippen molar-refractivity contribution < 1.29 is 23.7 Å². The second-order valence-electron chi connectivity index (χ2n) is 10.7. The molecular formula is C35H33ClN4O5S. The quantitative estimate of drug-likeness (QED) is 0.211. The van der Waals surface area contributed by atoms with Crippen LogP contribution in [0.4, 0.5) is 0 Å². The Morgan fingerprint density at radius 3 is 2.35 bits per heavy atom. The third kappa shape index (κ3) is 6.45. The van der Waals surface area contributed by atoms with E-state index in [9.17, 15) is 23.7 Å². The molecule has 236 valence electrons. The summed E-state index contributed by atoms with van der Waals surface area (Å²) in [6.07, 6.45) is 0.664. The molecule has 1 aromatic heterocycles. The van der Waals surface area contributed by atoms with Crippen LogP contribution in [0.25, 0.3) is 16.5 Å². The molecule has 1 atom stereocenters. The molecule has 2 N–H and O–H groups in total. The molecule has 2 amide bonds. The van der Waals surface area contributed by atoms with Gasteiger partial charge in [0.1, 0.15) is 0 Å². The van der Waals surface area contributed by atoms with Gasteiger partial charge in [-0.25, -0.2) is 13.7 Å². The van der Waals surface area contributed by atoms with Gasteiger partial charge in [-0.2, -0.15) is 5.10 Å². The first-order chi connectivity index (χ1) is 22.1. The number of rotatable bonds is 6. The van der Waals surface area contributed by atoms with Gasteiger partial charge in [0.05, 0.1) is 26.9 Å². The first-order valence-corrected chi connectivity index (χ1v) is 16.4. The van der Waals surface area contributed by atoms with Gasteiger partial charge >= 0.3 is 5.97 Å². The van der Waals surface area contributed by atoms with Crippen molar-refractivity contribution in [3.8, 4) is 5.69 Å². The molecule has 0 bridgehead atoms. The lowest BCUT2D eigenvalue weighted by molar-refractivity contribution is 0.0689. The Hall–Kier alpha value is -4.80. The van der Waals surface area contributed by atoms with Crippen LogP contribution in [0, 0.1) is 13.8 Å². The van der Waals surface area contributed by atoms with E-state index >= 15 is 0 Å². The topological polar surface area (TPSA) is 122 Å². The maximum absolute atomic E-state index is 14.1. The predicted molar refractivity (Wildman–Crippen MR) is 179 cm³/mol. The molecule has 6 rings (SSSR count). The minimum absolute atomic E-state index is 0.0504. The van der Waals surface area contributed by atoms with Crippen LogP contribution in [-0.4, -0.2) is 48.3 Å². The van der Waals surface area contributed by atoms with Crippen LogP contribution in [0.2, 0.25) is 5.02 Å². The van der Waals surface area contributed by atoms with Crippen molar-refractivity contribution in [2.24, 2.45) is 0 Å². The molecular weight excluding hydrogens is 624 g/mol. The Bertz CT molecular complexity index is 2020. The van der Waals surface area contributed by atoms with Crippen molar-refractivity contribution in [1.29, 1.82) is 0 Å². The van der Waals surface area contributed by atoms with Crippen molar-refractivity contribution in [2.75, 3.05) is 6.54 Å². The summed E-state index contributed by atoms with van der Waals surface area (Å²) in [4.78, 5) is 41.3. The van der Waals surface area contributed by atoms with Crippen LogP contribution in [0.5, 0.6) is 0 Å². The molecule has 0 aliphatic carbocycles. The minimum Gasteiger partial charge on any atom is -0.476 e. The van der Waals surface area contributed by atoms with Crippen molar-refractivity contribution in [3.05, 3.63) is 123 Å². The second-order valence-corrected chi connectivity index (χ2v) is 12.2. The highest BCUT2D eigenvalue weighted by Crippen LogP contribution is 2.28. The molecule has 46 heavy (non-hydrogen) atoms. The van der Waals surface area contributed by atoms with Crippen molar-refractivity contribution in [1.82, 2.24) is 19.4 Å². The van der Waals surface area contributed by atoms with E-state index in [1.165, 1.54) is 22.9 Å². The fourth-order valence-electron chi connectivity index (χ4n) is 5.39. The van der Waals surface area contributed by atoms with Gasteiger partial charge in [0, 0.05) is 18.7 Å². The summed E-state index contributed by atoms with van der Waals surface area (Å²) in [7, 11) is -1.87. The number of carbonyl (C=O) groups excluding carboxylic acids is 2. The number of nitrogens with one attached hydrogen (secondary N) is 1. The number of carbonyl (C=O) groups is 3. The molecule has 9 nitrogen and oxygen atoms in total. The Labute approximate surface area is 274 Å². The summed E-state index contributed by atoms with van der Waals surface area (Å²) < 4.78 is 17.0. The average Bonchev–Trinajstić information content (AvgIpc) is 3.37. The smallest absolute Gasteiger partial charge is 0.358 e. The Morgan fingerprint density at radius 2 is 1.63 bits per heavy atom. The summed E-state index contributed by atoms with van der Waals surface area (Å²) in [5, 5.41) is 15.6. The number of amides is 2. The first-order valence-electron chi connectivity index (χ1n) is 14.8. The Morgan fingerprint density at radius 1 is 0.913 bits per heavy atom. The number of hydrogen-bond donors (Lipinski definition) is 2. The second kappa shape index (κ2) is 13.7. The van der Waals surface area contributed by atoms with Crippen LogP contribution < -0.4 is 4.72 Å². The van der Waals surface area contributed by atoms with Gasteiger partial charge in [-0.05, 0) is 72.5 Å². The molecule has 1 aliphatic heterocycles. The zero-order valence-corrected chi connectivity index (χ0v) is 27.4. The fourth-order valence-corrected chi connectivity index (χ4v) is 6.42. The van der Waals surface area contributed by atoms with E-state index in [1.807, 2.05) is 69.3 Å². The summed E-state index contributed by atoms with van der Waals surface area (Å²) >= 11 is 6.28. The number of benzene rings is 4. The molecule has 0 saturated heterocycles. The van der Waals surface area contributed by atoms with Crippen LogP contribution in [0.15, 0.2) is 83.8 Å². The third-order valence-electron chi connectivity index (χ3n) is 7.75. The number of carboxylic acids is 1. The molecule has 0 spiro atoms. The third-order valence-corrected chi connectivity index (χ3v) is 9.25. The normalized spacial score (nSPS) is 12.9. The van der Waals surface area contributed by atoms with Gasteiger partial charge in [-0.3, -0.25) is 14.3 Å². The van der Waals surface area contributed by atoms with E-state index in [2.05, 4.69) is 9.82 Å². The highest BCUT2D eigenvalue weighted by atomic mass is 35.5. The number of hydrogen-bond acceptors (Lipinski definition) is 5. The summed E-state index contributed by atoms with van der Waals surface area (Å²) in [5.41, 5.74) is 3.72. The fraction of sp³-hybridized carbons (Fsp3) is 0.200. The van der Waals surface area contributed by atoms with Crippen LogP contribution in [0.1, 0.15) is 67.4 Å². The standard InChI is InChI=1S/C33H27ClN4O5S.C2H6/c1-19-7-8-22-9-11-26(16-25(22)15-19)44(43)36-31(39)23-10-12-28(38-20(2)29(34)30(35-38)33(41)42)27(17-23)32(40)37-14-13-21-5-3-4-6-24(21)18-37;1-2/h3-12,15-17H,13-14,18H2,1-2H3,(H,36,39)(H,41,42);1-2H3. The molecule has 0 saturated carbocycles. The van der Waals surface area contributed by atoms with E-state index in [1.54, 1.807) is 24.0 Å². The Kier molecular flexibility index (Phi) is 9.69. The van der Waals surface area contributed by atoms with E-state index in [-0.39, 0.29) is 33.4 Å².